The van der Waals surface area contributed by atoms with Crippen LogP contribution in [0.1, 0.15) is 5.56 Å². The maximum atomic E-state index is 8.47. The molecule has 3 aromatic rings. The molecule has 1 heterocycles. The lowest BCUT2D eigenvalue weighted by Gasteiger charge is -2.01. The molecule has 0 radical (unpaired) electrons. The Labute approximate surface area is 114 Å². The monoisotopic (exact) mass is 266 g/mol. The van der Waals surface area contributed by atoms with E-state index in [4.69, 9.17) is 5.53 Å². The molecule has 4 nitrogen and oxygen atoms in total. The number of benzene rings is 2. The summed E-state index contributed by atoms with van der Waals surface area (Å²) in [6.07, 6.45) is 0. The fourth-order valence-electron chi connectivity index (χ4n) is 1.94. The fraction of sp³-hybridized carbons (Fsp3) is 0.0714. The Bertz CT molecular complexity index is 767. The number of nitrogens with zero attached hydrogens (tertiary/aromatic N) is 4. The van der Waals surface area contributed by atoms with Crippen LogP contribution >= 0.6 is 11.3 Å². The number of hydrogen-bond donors (Lipinski definition) is 0. The molecule has 0 saturated carbocycles. The maximum absolute atomic E-state index is 8.47. The molecule has 19 heavy (non-hydrogen) atoms. The lowest BCUT2D eigenvalue weighted by molar-refractivity contribution is 1.37. The number of azide groups is 1. The van der Waals surface area contributed by atoms with E-state index in [0.29, 0.717) is 5.69 Å². The molecule has 0 aliphatic carbocycles. The van der Waals surface area contributed by atoms with Gasteiger partial charge < -0.3 is 0 Å². The van der Waals surface area contributed by atoms with Crippen molar-refractivity contribution in [3.8, 4) is 10.6 Å². The lowest BCUT2D eigenvalue weighted by Crippen LogP contribution is -1.79. The van der Waals surface area contributed by atoms with Crippen LogP contribution in [0.15, 0.2) is 47.6 Å². The van der Waals surface area contributed by atoms with Gasteiger partial charge in [0.15, 0.2) is 0 Å². The van der Waals surface area contributed by atoms with Gasteiger partial charge in [-0.3, -0.25) is 0 Å². The number of thiazole rings is 1. The van der Waals surface area contributed by atoms with Crippen LogP contribution in [0.4, 0.5) is 5.69 Å². The molecule has 0 N–H and O–H groups in total. The Hall–Kier alpha value is -2.36. The first-order valence-corrected chi connectivity index (χ1v) is 6.61. The number of rotatable bonds is 2. The minimum Gasteiger partial charge on any atom is -0.236 e. The van der Waals surface area contributed by atoms with Gasteiger partial charge in [-0.1, -0.05) is 29.4 Å². The van der Waals surface area contributed by atoms with Crippen LogP contribution in [0.5, 0.6) is 0 Å². The van der Waals surface area contributed by atoms with Crippen molar-refractivity contribution in [2.24, 2.45) is 5.11 Å². The molecule has 0 fully saturated rings. The first kappa shape index (κ1) is 11.7. The van der Waals surface area contributed by atoms with Gasteiger partial charge in [0.2, 0.25) is 0 Å². The van der Waals surface area contributed by atoms with E-state index in [2.05, 4.69) is 21.1 Å². The van der Waals surface area contributed by atoms with Gasteiger partial charge in [0.1, 0.15) is 5.01 Å². The summed E-state index contributed by atoms with van der Waals surface area (Å²) in [5, 5.41) is 4.63. The zero-order chi connectivity index (χ0) is 13.2. The van der Waals surface area contributed by atoms with Gasteiger partial charge >= 0.3 is 0 Å². The highest BCUT2D eigenvalue weighted by Crippen LogP contribution is 2.32. The second kappa shape index (κ2) is 4.72. The van der Waals surface area contributed by atoms with Crippen molar-refractivity contribution in [3.63, 3.8) is 0 Å². The van der Waals surface area contributed by atoms with Gasteiger partial charge in [-0.25, -0.2) is 4.98 Å². The summed E-state index contributed by atoms with van der Waals surface area (Å²) in [5.74, 6) is 0. The van der Waals surface area contributed by atoms with Crippen LogP contribution in [0.25, 0.3) is 31.2 Å². The number of para-hydroxylation sites is 1. The normalized spacial score (nSPS) is 10.4. The Morgan fingerprint density at radius 1 is 1.21 bits per heavy atom. The van der Waals surface area contributed by atoms with Crippen molar-refractivity contribution in [1.82, 2.24) is 4.98 Å². The average Bonchev–Trinajstić information content (AvgIpc) is 2.85. The van der Waals surface area contributed by atoms with Gasteiger partial charge in [-0.2, -0.15) is 0 Å². The van der Waals surface area contributed by atoms with Crippen LogP contribution in [0.2, 0.25) is 0 Å². The summed E-state index contributed by atoms with van der Waals surface area (Å²) in [4.78, 5) is 7.43. The zero-order valence-electron chi connectivity index (χ0n) is 10.2. The van der Waals surface area contributed by atoms with Gasteiger partial charge in [0.05, 0.1) is 10.2 Å². The number of fused-ring (bicyclic) bond motifs is 1. The largest absolute Gasteiger partial charge is 0.236 e. The molecule has 1 aromatic heterocycles. The lowest BCUT2D eigenvalue weighted by atomic mass is 10.1. The molecule has 0 atom stereocenters. The van der Waals surface area contributed by atoms with E-state index in [1.54, 1.807) is 11.3 Å². The molecular weight excluding hydrogens is 256 g/mol. The summed E-state index contributed by atoms with van der Waals surface area (Å²) in [6.45, 7) is 1.93. The Balaban J connectivity index is 2.11. The van der Waals surface area contributed by atoms with Crippen molar-refractivity contribution >= 4 is 27.2 Å². The van der Waals surface area contributed by atoms with Crippen LogP contribution in [-0.4, -0.2) is 4.98 Å². The van der Waals surface area contributed by atoms with E-state index in [0.717, 1.165) is 21.7 Å². The van der Waals surface area contributed by atoms with Crippen molar-refractivity contribution in [3.05, 3.63) is 58.5 Å². The van der Waals surface area contributed by atoms with E-state index in [-0.39, 0.29) is 0 Å². The Kier molecular flexibility index (Phi) is 2.91. The molecule has 0 saturated heterocycles. The third-order valence-electron chi connectivity index (χ3n) is 2.89. The average molecular weight is 266 g/mol. The SMILES string of the molecule is Cc1cc(-c2nc3ccccc3s2)ccc1N=[N+]=[N-]. The summed E-state index contributed by atoms with van der Waals surface area (Å²) in [6, 6.07) is 13.9. The number of aryl methyl sites for hydroxylation is 1. The van der Waals surface area contributed by atoms with Gasteiger partial charge in [-0.15, -0.1) is 11.3 Å². The summed E-state index contributed by atoms with van der Waals surface area (Å²) in [5.41, 5.74) is 12.2. The van der Waals surface area contributed by atoms with Crippen LogP contribution in [-0.2, 0) is 0 Å². The molecule has 5 heteroatoms. The van der Waals surface area contributed by atoms with Crippen LogP contribution in [0, 0.1) is 6.92 Å². The Morgan fingerprint density at radius 3 is 2.79 bits per heavy atom. The predicted molar refractivity (Wildman–Crippen MR) is 78.6 cm³/mol. The van der Waals surface area contributed by atoms with Crippen molar-refractivity contribution in [2.45, 2.75) is 6.92 Å². The van der Waals surface area contributed by atoms with Crippen molar-refractivity contribution < 1.29 is 0 Å². The number of aromatic nitrogens is 1. The van der Waals surface area contributed by atoms with E-state index in [1.165, 1.54) is 4.70 Å². The molecular formula is C14H10N4S. The maximum Gasteiger partial charge on any atom is 0.124 e. The number of hydrogen-bond acceptors (Lipinski definition) is 3. The summed E-state index contributed by atoms with van der Waals surface area (Å²) >= 11 is 1.66. The molecule has 2 aromatic carbocycles. The summed E-state index contributed by atoms with van der Waals surface area (Å²) in [7, 11) is 0. The molecule has 0 unspecified atom stereocenters. The second-order valence-corrected chi connectivity index (χ2v) is 5.21. The highest BCUT2D eigenvalue weighted by molar-refractivity contribution is 7.21. The van der Waals surface area contributed by atoms with Gasteiger partial charge in [0, 0.05) is 16.2 Å². The second-order valence-electron chi connectivity index (χ2n) is 4.18. The third kappa shape index (κ3) is 2.17. The molecule has 0 bridgehead atoms. The molecule has 0 aliphatic heterocycles. The minimum absolute atomic E-state index is 0.660. The van der Waals surface area contributed by atoms with Crippen molar-refractivity contribution in [2.75, 3.05) is 0 Å². The molecule has 0 amide bonds. The zero-order valence-corrected chi connectivity index (χ0v) is 11.1. The highest BCUT2D eigenvalue weighted by Gasteiger charge is 2.07. The molecule has 0 aliphatic rings. The van der Waals surface area contributed by atoms with Crippen molar-refractivity contribution in [1.29, 1.82) is 0 Å². The van der Waals surface area contributed by atoms with Gasteiger partial charge in [0.25, 0.3) is 0 Å². The van der Waals surface area contributed by atoms with E-state index >= 15 is 0 Å². The standard InChI is InChI=1S/C14H10N4S/c1-9-8-10(6-7-11(9)17-18-15)14-16-12-4-2-3-5-13(12)19-14/h2-8H,1H3. The quantitative estimate of drug-likeness (QED) is 0.356. The Morgan fingerprint density at radius 2 is 2.05 bits per heavy atom. The van der Waals surface area contributed by atoms with E-state index < -0.39 is 0 Å². The minimum atomic E-state index is 0.660. The molecule has 92 valence electrons. The topological polar surface area (TPSA) is 61.7 Å². The van der Waals surface area contributed by atoms with Crippen LogP contribution < -0.4 is 0 Å². The predicted octanol–water partition coefficient (Wildman–Crippen LogP) is 5.21. The third-order valence-corrected chi connectivity index (χ3v) is 3.98. The smallest absolute Gasteiger partial charge is 0.124 e. The van der Waals surface area contributed by atoms with E-state index in [1.807, 2.05) is 43.3 Å². The fourth-order valence-corrected chi connectivity index (χ4v) is 2.91. The molecule has 3 rings (SSSR count). The first-order valence-electron chi connectivity index (χ1n) is 5.79. The molecule has 0 spiro atoms. The van der Waals surface area contributed by atoms with Crippen LogP contribution in [0.3, 0.4) is 0 Å². The highest BCUT2D eigenvalue weighted by atomic mass is 32.1. The first-order chi connectivity index (χ1) is 9.28. The van der Waals surface area contributed by atoms with Gasteiger partial charge in [-0.05, 0) is 36.2 Å². The van der Waals surface area contributed by atoms with E-state index in [9.17, 15) is 0 Å². The summed E-state index contributed by atoms with van der Waals surface area (Å²) < 4.78 is 1.18.